The summed E-state index contributed by atoms with van der Waals surface area (Å²) in [5.41, 5.74) is 0. The van der Waals surface area contributed by atoms with Gasteiger partial charge in [-0.3, -0.25) is 0 Å². The zero-order chi connectivity index (χ0) is 16.6. The van der Waals surface area contributed by atoms with Gasteiger partial charge in [0.1, 0.15) is 5.82 Å². The molecule has 2 aliphatic heterocycles. The number of morpholine rings is 1. The lowest BCUT2D eigenvalue weighted by atomic mass is 10.2. The molecule has 0 aliphatic carbocycles. The van der Waals surface area contributed by atoms with Crippen molar-refractivity contribution in [3.63, 3.8) is 0 Å². The average Bonchev–Trinajstić information content (AvgIpc) is 2.95. The van der Waals surface area contributed by atoms with Crippen molar-refractivity contribution in [2.24, 2.45) is 7.05 Å². The third-order valence-electron chi connectivity index (χ3n) is 4.49. The fourth-order valence-corrected chi connectivity index (χ4v) is 5.20. The molecule has 1 N–H and O–H groups in total. The smallest absolute Gasteiger partial charge is 0.283 e. The number of aryl methyl sites for hydroxylation is 1. The first-order chi connectivity index (χ1) is 10.9. The third-order valence-corrected chi connectivity index (χ3v) is 6.63. The van der Waals surface area contributed by atoms with Crippen molar-refractivity contribution in [1.82, 2.24) is 23.5 Å². The maximum atomic E-state index is 13.2. The number of imidazole rings is 1. The van der Waals surface area contributed by atoms with Crippen LogP contribution in [0.2, 0.25) is 0 Å². The number of nitrogens with zero attached hydrogens (tertiary/aromatic N) is 4. The fraction of sp³-hybridized carbons (Fsp3) is 0.786. The predicted molar refractivity (Wildman–Crippen MR) is 86.0 cm³/mol. The normalized spacial score (nSPS) is 31.3. The van der Waals surface area contributed by atoms with Crippen LogP contribution in [0.1, 0.15) is 25.7 Å². The Kier molecular flexibility index (Phi) is 4.75. The molecule has 9 heteroatoms. The predicted octanol–water partition coefficient (Wildman–Crippen LogP) is -0.280. The Morgan fingerprint density at radius 2 is 2.13 bits per heavy atom. The number of hydrogen-bond donors (Lipinski definition) is 1. The standard InChI is InChI=1S/C14H25N5O3S/c1-11-10-22-12(2)9-19(11)23(20,21)18-7-4-15-8-13(18)14-16-5-6-17(14)3/h5-6,11-13,15H,4,7-10H2,1-3H3. The third kappa shape index (κ3) is 3.16. The molecule has 3 atom stereocenters. The van der Waals surface area contributed by atoms with Gasteiger partial charge in [0.25, 0.3) is 10.2 Å². The van der Waals surface area contributed by atoms with Crippen molar-refractivity contribution in [3.05, 3.63) is 18.2 Å². The van der Waals surface area contributed by atoms with Gasteiger partial charge >= 0.3 is 0 Å². The molecule has 0 amide bonds. The summed E-state index contributed by atoms with van der Waals surface area (Å²) in [5, 5.41) is 3.27. The molecule has 1 aromatic rings. The fourth-order valence-electron chi connectivity index (χ4n) is 3.21. The minimum Gasteiger partial charge on any atom is -0.375 e. The highest BCUT2D eigenvalue weighted by atomic mass is 32.2. The first kappa shape index (κ1) is 16.8. The molecule has 8 nitrogen and oxygen atoms in total. The second-order valence-electron chi connectivity index (χ2n) is 6.30. The van der Waals surface area contributed by atoms with Crippen LogP contribution in [-0.4, -0.2) is 71.5 Å². The van der Waals surface area contributed by atoms with Crippen molar-refractivity contribution in [2.45, 2.75) is 32.0 Å². The first-order valence-electron chi connectivity index (χ1n) is 7.99. The van der Waals surface area contributed by atoms with Gasteiger partial charge in [0.15, 0.2) is 0 Å². The van der Waals surface area contributed by atoms with Crippen LogP contribution in [0, 0.1) is 0 Å². The lowest BCUT2D eigenvalue weighted by molar-refractivity contribution is -0.0199. The number of hydrogen-bond acceptors (Lipinski definition) is 5. The summed E-state index contributed by atoms with van der Waals surface area (Å²) in [6.07, 6.45) is 3.46. The Morgan fingerprint density at radius 3 is 2.83 bits per heavy atom. The number of aromatic nitrogens is 2. The van der Waals surface area contributed by atoms with E-state index in [1.165, 1.54) is 0 Å². The van der Waals surface area contributed by atoms with Crippen molar-refractivity contribution in [2.75, 3.05) is 32.8 Å². The van der Waals surface area contributed by atoms with Crippen LogP contribution in [0.15, 0.2) is 12.4 Å². The molecule has 1 aromatic heterocycles. The molecule has 3 heterocycles. The summed E-state index contributed by atoms with van der Waals surface area (Å²) in [6.45, 7) is 6.27. The molecular formula is C14H25N5O3S. The Bertz CT molecular complexity index is 647. The SMILES string of the molecule is CC1CN(S(=O)(=O)N2CCNCC2c2nccn2C)C(C)CO1. The second kappa shape index (κ2) is 6.48. The molecule has 23 heavy (non-hydrogen) atoms. The molecule has 2 saturated heterocycles. The number of ether oxygens (including phenoxy) is 1. The van der Waals surface area contributed by atoms with Gasteiger partial charge in [-0.2, -0.15) is 17.0 Å². The molecule has 0 spiro atoms. The van der Waals surface area contributed by atoms with Gasteiger partial charge in [-0.1, -0.05) is 0 Å². The maximum Gasteiger partial charge on any atom is 0.283 e. The summed E-state index contributed by atoms with van der Waals surface area (Å²) < 4.78 is 37.1. The van der Waals surface area contributed by atoms with Gasteiger partial charge in [0.05, 0.1) is 18.8 Å². The summed E-state index contributed by atoms with van der Waals surface area (Å²) in [4.78, 5) is 4.36. The molecule has 0 bridgehead atoms. The van der Waals surface area contributed by atoms with Crippen molar-refractivity contribution >= 4 is 10.2 Å². The van der Waals surface area contributed by atoms with Crippen molar-refractivity contribution < 1.29 is 13.2 Å². The van der Waals surface area contributed by atoms with Gasteiger partial charge in [0, 0.05) is 51.7 Å². The van der Waals surface area contributed by atoms with E-state index in [4.69, 9.17) is 4.74 Å². The van der Waals surface area contributed by atoms with Gasteiger partial charge in [-0.25, -0.2) is 4.98 Å². The van der Waals surface area contributed by atoms with Crippen LogP contribution in [0.25, 0.3) is 0 Å². The highest BCUT2D eigenvalue weighted by molar-refractivity contribution is 7.86. The minimum absolute atomic E-state index is 0.0875. The van der Waals surface area contributed by atoms with Gasteiger partial charge < -0.3 is 14.6 Å². The Balaban J connectivity index is 1.91. The summed E-state index contributed by atoms with van der Waals surface area (Å²) in [7, 11) is -1.68. The quantitative estimate of drug-likeness (QED) is 0.817. The van der Waals surface area contributed by atoms with Crippen LogP contribution >= 0.6 is 0 Å². The topological polar surface area (TPSA) is 79.7 Å². The van der Waals surface area contributed by atoms with E-state index in [0.29, 0.717) is 32.8 Å². The van der Waals surface area contributed by atoms with Crippen LogP contribution in [-0.2, 0) is 22.0 Å². The monoisotopic (exact) mass is 343 g/mol. The van der Waals surface area contributed by atoms with E-state index >= 15 is 0 Å². The summed E-state index contributed by atoms with van der Waals surface area (Å²) >= 11 is 0. The molecule has 0 saturated carbocycles. The highest BCUT2D eigenvalue weighted by Gasteiger charge is 2.42. The molecule has 130 valence electrons. The largest absolute Gasteiger partial charge is 0.375 e. The molecular weight excluding hydrogens is 318 g/mol. The van der Waals surface area contributed by atoms with E-state index in [1.54, 1.807) is 14.8 Å². The Labute approximate surface area is 137 Å². The van der Waals surface area contributed by atoms with Crippen molar-refractivity contribution in [3.8, 4) is 0 Å². The van der Waals surface area contributed by atoms with Crippen LogP contribution in [0.4, 0.5) is 0 Å². The molecule has 3 rings (SSSR count). The number of nitrogens with one attached hydrogen (secondary N) is 1. The first-order valence-corrected chi connectivity index (χ1v) is 9.39. The highest BCUT2D eigenvalue weighted by Crippen LogP contribution is 2.28. The number of rotatable bonds is 3. The molecule has 2 fully saturated rings. The van der Waals surface area contributed by atoms with E-state index in [1.807, 2.05) is 31.7 Å². The summed E-state index contributed by atoms with van der Waals surface area (Å²) in [5.74, 6) is 0.759. The van der Waals surface area contributed by atoms with Crippen LogP contribution in [0.3, 0.4) is 0 Å². The minimum atomic E-state index is -3.57. The van der Waals surface area contributed by atoms with Crippen LogP contribution < -0.4 is 5.32 Å². The van der Waals surface area contributed by atoms with Gasteiger partial charge in [0.2, 0.25) is 0 Å². The van der Waals surface area contributed by atoms with Gasteiger partial charge in [-0.05, 0) is 13.8 Å². The lowest BCUT2D eigenvalue weighted by Gasteiger charge is -2.42. The van der Waals surface area contributed by atoms with E-state index in [9.17, 15) is 8.42 Å². The Morgan fingerprint density at radius 1 is 1.35 bits per heavy atom. The lowest BCUT2D eigenvalue weighted by Crippen LogP contribution is -2.59. The van der Waals surface area contributed by atoms with Gasteiger partial charge in [-0.15, -0.1) is 0 Å². The molecule has 3 unspecified atom stereocenters. The van der Waals surface area contributed by atoms with E-state index < -0.39 is 10.2 Å². The van der Waals surface area contributed by atoms with Crippen molar-refractivity contribution in [1.29, 1.82) is 0 Å². The zero-order valence-electron chi connectivity index (χ0n) is 13.8. The van der Waals surface area contributed by atoms with Crippen LogP contribution in [0.5, 0.6) is 0 Å². The number of piperazine rings is 1. The van der Waals surface area contributed by atoms with E-state index in [2.05, 4.69) is 10.3 Å². The molecule has 2 aliphatic rings. The van der Waals surface area contributed by atoms with E-state index in [-0.39, 0.29) is 18.2 Å². The average molecular weight is 343 g/mol. The Hall–Kier alpha value is -1.00. The zero-order valence-corrected chi connectivity index (χ0v) is 14.7. The van der Waals surface area contributed by atoms with E-state index in [0.717, 1.165) is 5.82 Å². The maximum absolute atomic E-state index is 13.2. The summed E-state index contributed by atoms with van der Waals surface area (Å²) in [6, 6.07) is -0.452. The molecule has 0 aromatic carbocycles. The molecule has 0 radical (unpaired) electrons. The second-order valence-corrected chi connectivity index (χ2v) is 8.13.